The second-order valence-electron chi connectivity index (χ2n) is 2.78. The van der Waals surface area contributed by atoms with Gasteiger partial charge in [-0.3, -0.25) is 0 Å². The van der Waals surface area contributed by atoms with Crippen molar-refractivity contribution in [3.63, 3.8) is 0 Å². The first-order valence-corrected chi connectivity index (χ1v) is 3.91. The van der Waals surface area contributed by atoms with E-state index in [0.29, 0.717) is 5.92 Å². The Labute approximate surface area is 66.1 Å². The van der Waals surface area contributed by atoms with Crippen LogP contribution in [0.5, 0.6) is 0 Å². The zero-order chi connectivity index (χ0) is 8.10. The number of hydrogen-bond donors (Lipinski definition) is 2. The van der Waals surface area contributed by atoms with E-state index in [2.05, 4.69) is 5.32 Å². The molecule has 1 heterocycles. The molecule has 0 amide bonds. The molecule has 1 fully saturated rings. The van der Waals surface area contributed by atoms with Gasteiger partial charge in [0.1, 0.15) is 0 Å². The molecule has 1 aliphatic heterocycles. The molecular formula is C8H13NO2. The van der Waals surface area contributed by atoms with Crippen LogP contribution in [0.3, 0.4) is 0 Å². The number of rotatable bonds is 2. The number of piperidine rings is 1. The van der Waals surface area contributed by atoms with Crippen LogP contribution in [-0.4, -0.2) is 24.2 Å². The molecule has 3 heteroatoms. The maximum Gasteiger partial charge on any atom is 0.327 e. The Kier molecular flexibility index (Phi) is 3.11. The number of carboxylic acid groups (broad SMARTS) is 1. The standard InChI is InChI=1S/C8H13NO2/c10-8(11)2-1-7-3-5-9-6-4-7/h1-2,7,9H,3-6H2,(H,10,11)/b2-1+. The van der Waals surface area contributed by atoms with Gasteiger partial charge >= 0.3 is 5.97 Å². The molecule has 62 valence electrons. The zero-order valence-electron chi connectivity index (χ0n) is 6.42. The van der Waals surface area contributed by atoms with Crippen LogP contribution in [0.2, 0.25) is 0 Å². The predicted molar refractivity (Wildman–Crippen MR) is 42.4 cm³/mol. The van der Waals surface area contributed by atoms with Crippen molar-refractivity contribution in [2.24, 2.45) is 5.92 Å². The highest BCUT2D eigenvalue weighted by Gasteiger charge is 2.09. The Balaban J connectivity index is 2.29. The molecule has 0 aliphatic carbocycles. The molecule has 0 saturated carbocycles. The molecule has 2 N–H and O–H groups in total. The number of hydrogen-bond acceptors (Lipinski definition) is 2. The van der Waals surface area contributed by atoms with Crippen LogP contribution >= 0.6 is 0 Å². The summed E-state index contributed by atoms with van der Waals surface area (Å²) in [4.78, 5) is 10.1. The van der Waals surface area contributed by atoms with E-state index in [1.54, 1.807) is 6.08 Å². The van der Waals surface area contributed by atoms with Crippen molar-refractivity contribution in [2.75, 3.05) is 13.1 Å². The topological polar surface area (TPSA) is 49.3 Å². The normalized spacial score (nSPS) is 20.7. The van der Waals surface area contributed by atoms with Crippen molar-refractivity contribution >= 4 is 5.97 Å². The largest absolute Gasteiger partial charge is 0.478 e. The highest BCUT2D eigenvalue weighted by atomic mass is 16.4. The van der Waals surface area contributed by atoms with E-state index < -0.39 is 5.97 Å². The van der Waals surface area contributed by atoms with Gasteiger partial charge in [-0.05, 0) is 31.8 Å². The lowest BCUT2D eigenvalue weighted by atomic mass is 9.98. The average molecular weight is 155 g/mol. The molecule has 1 saturated heterocycles. The molecule has 1 rings (SSSR count). The van der Waals surface area contributed by atoms with Gasteiger partial charge in [0, 0.05) is 6.08 Å². The number of aliphatic carboxylic acids is 1. The third-order valence-electron chi connectivity index (χ3n) is 1.89. The Bertz CT molecular complexity index is 159. The Hall–Kier alpha value is -0.830. The molecule has 0 aromatic carbocycles. The Morgan fingerprint density at radius 3 is 2.64 bits per heavy atom. The maximum atomic E-state index is 10.1. The summed E-state index contributed by atoms with van der Waals surface area (Å²) in [6.45, 7) is 2.02. The summed E-state index contributed by atoms with van der Waals surface area (Å²) < 4.78 is 0. The molecule has 3 nitrogen and oxygen atoms in total. The smallest absolute Gasteiger partial charge is 0.327 e. The maximum absolute atomic E-state index is 10.1. The molecule has 0 atom stereocenters. The van der Waals surface area contributed by atoms with Gasteiger partial charge in [0.05, 0.1) is 0 Å². The summed E-state index contributed by atoms with van der Waals surface area (Å²) in [6.07, 6.45) is 5.16. The molecule has 1 aliphatic rings. The van der Waals surface area contributed by atoms with E-state index in [1.807, 2.05) is 0 Å². The second-order valence-corrected chi connectivity index (χ2v) is 2.78. The second kappa shape index (κ2) is 4.13. The van der Waals surface area contributed by atoms with Gasteiger partial charge in [-0.15, -0.1) is 0 Å². The van der Waals surface area contributed by atoms with Gasteiger partial charge in [-0.25, -0.2) is 4.79 Å². The molecular weight excluding hydrogens is 142 g/mol. The molecule has 0 bridgehead atoms. The summed E-state index contributed by atoms with van der Waals surface area (Å²) in [6, 6.07) is 0. The van der Waals surface area contributed by atoms with Crippen molar-refractivity contribution < 1.29 is 9.90 Å². The fraction of sp³-hybridized carbons (Fsp3) is 0.625. The quantitative estimate of drug-likeness (QED) is 0.575. The van der Waals surface area contributed by atoms with Crippen molar-refractivity contribution in [2.45, 2.75) is 12.8 Å². The molecule has 0 spiro atoms. The summed E-state index contributed by atoms with van der Waals surface area (Å²) >= 11 is 0. The van der Waals surface area contributed by atoms with E-state index >= 15 is 0 Å². The fourth-order valence-electron chi connectivity index (χ4n) is 1.26. The van der Waals surface area contributed by atoms with Crippen LogP contribution in [0.1, 0.15) is 12.8 Å². The molecule has 0 radical (unpaired) electrons. The van der Waals surface area contributed by atoms with Crippen LogP contribution in [0, 0.1) is 5.92 Å². The van der Waals surface area contributed by atoms with Gasteiger partial charge < -0.3 is 10.4 Å². The van der Waals surface area contributed by atoms with E-state index in [0.717, 1.165) is 25.9 Å². The molecule has 0 aromatic heterocycles. The summed E-state index contributed by atoms with van der Waals surface area (Å²) in [5, 5.41) is 11.6. The number of carboxylic acids is 1. The van der Waals surface area contributed by atoms with Gasteiger partial charge in [-0.2, -0.15) is 0 Å². The molecule has 0 unspecified atom stereocenters. The first-order chi connectivity index (χ1) is 5.29. The summed E-state index contributed by atoms with van der Waals surface area (Å²) in [7, 11) is 0. The monoisotopic (exact) mass is 155 g/mol. The predicted octanol–water partition coefficient (Wildman–Crippen LogP) is 0.627. The minimum atomic E-state index is -0.844. The van der Waals surface area contributed by atoms with Crippen LogP contribution in [0.25, 0.3) is 0 Å². The number of nitrogens with one attached hydrogen (secondary N) is 1. The zero-order valence-corrected chi connectivity index (χ0v) is 6.42. The Morgan fingerprint density at radius 2 is 2.09 bits per heavy atom. The van der Waals surface area contributed by atoms with Crippen LogP contribution in [0.4, 0.5) is 0 Å². The minimum absolute atomic E-state index is 0.465. The SMILES string of the molecule is O=C(O)/C=C/C1CCNCC1. The summed E-state index contributed by atoms with van der Waals surface area (Å²) in [5.74, 6) is -0.379. The first-order valence-electron chi connectivity index (χ1n) is 3.91. The van der Waals surface area contributed by atoms with Crippen LogP contribution in [0.15, 0.2) is 12.2 Å². The van der Waals surface area contributed by atoms with Crippen molar-refractivity contribution in [1.29, 1.82) is 0 Å². The van der Waals surface area contributed by atoms with Crippen molar-refractivity contribution in [1.82, 2.24) is 5.32 Å². The van der Waals surface area contributed by atoms with E-state index in [4.69, 9.17) is 5.11 Å². The number of carbonyl (C=O) groups is 1. The third kappa shape index (κ3) is 3.18. The minimum Gasteiger partial charge on any atom is -0.478 e. The lowest BCUT2D eigenvalue weighted by molar-refractivity contribution is -0.131. The lowest BCUT2D eigenvalue weighted by Crippen LogP contribution is -2.26. The summed E-state index contributed by atoms with van der Waals surface area (Å²) in [5.41, 5.74) is 0. The van der Waals surface area contributed by atoms with Gasteiger partial charge in [0.25, 0.3) is 0 Å². The first kappa shape index (κ1) is 8.27. The average Bonchev–Trinajstić information content (AvgIpc) is 2.03. The number of allylic oxidation sites excluding steroid dienone is 1. The highest BCUT2D eigenvalue weighted by Crippen LogP contribution is 2.12. The fourth-order valence-corrected chi connectivity index (χ4v) is 1.26. The van der Waals surface area contributed by atoms with E-state index in [-0.39, 0.29) is 0 Å². The van der Waals surface area contributed by atoms with Crippen LogP contribution in [-0.2, 0) is 4.79 Å². The molecule has 0 aromatic rings. The highest BCUT2D eigenvalue weighted by molar-refractivity contribution is 5.79. The lowest BCUT2D eigenvalue weighted by Gasteiger charge is -2.18. The van der Waals surface area contributed by atoms with E-state index in [9.17, 15) is 4.79 Å². The van der Waals surface area contributed by atoms with Gasteiger partial charge in [0.15, 0.2) is 0 Å². The van der Waals surface area contributed by atoms with E-state index in [1.165, 1.54) is 6.08 Å². The Morgan fingerprint density at radius 1 is 1.45 bits per heavy atom. The van der Waals surface area contributed by atoms with Crippen LogP contribution < -0.4 is 5.32 Å². The van der Waals surface area contributed by atoms with Crippen molar-refractivity contribution in [3.8, 4) is 0 Å². The van der Waals surface area contributed by atoms with Gasteiger partial charge in [0.2, 0.25) is 0 Å². The molecule has 11 heavy (non-hydrogen) atoms. The third-order valence-corrected chi connectivity index (χ3v) is 1.89. The van der Waals surface area contributed by atoms with Crippen molar-refractivity contribution in [3.05, 3.63) is 12.2 Å². The van der Waals surface area contributed by atoms with Gasteiger partial charge in [-0.1, -0.05) is 6.08 Å².